The van der Waals surface area contributed by atoms with Crippen molar-refractivity contribution in [1.29, 1.82) is 0 Å². The van der Waals surface area contributed by atoms with Crippen LogP contribution in [0, 0.1) is 0 Å². The highest BCUT2D eigenvalue weighted by atomic mass is 33.1. The highest BCUT2D eigenvalue weighted by Gasteiger charge is 2.16. The van der Waals surface area contributed by atoms with Gasteiger partial charge < -0.3 is 5.11 Å². The molecule has 3 heteroatoms. The molecule has 1 heterocycles. The van der Waals surface area contributed by atoms with Crippen LogP contribution in [0.1, 0.15) is 13.3 Å². The van der Waals surface area contributed by atoms with Crippen molar-refractivity contribution in [2.75, 3.05) is 5.75 Å². The SMILES string of the molecule is CC1CC(O)CSS1. The Bertz CT molecular complexity index is 68.8. The summed E-state index contributed by atoms with van der Waals surface area (Å²) in [6.07, 6.45) is 0.925. The third-order valence-electron chi connectivity index (χ3n) is 1.10. The maximum atomic E-state index is 9.05. The molecule has 2 atom stereocenters. The van der Waals surface area contributed by atoms with Gasteiger partial charge in [-0.3, -0.25) is 0 Å². The van der Waals surface area contributed by atoms with Crippen molar-refractivity contribution < 1.29 is 5.11 Å². The maximum absolute atomic E-state index is 9.05. The minimum Gasteiger partial charge on any atom is -0.392 e. The van der Waals surface area contributed by atoms with Crippen molar-refractivity contribution in [3.8, 4) is 0 Å². The molecule has 48 valence electrons. The molecule has 1 saturated heterocycles. The van der Waals surface area contributed by atoms with Gasteiger partial charge in [-0.15, -0.1) is 0 Å². The Morgan fingerprint density at radius 1 is 1.62 bits per heavy atom. The van der Waals surface area contributed by atoms with Gasteiger partial charge in [0.05, 0.1) is 6.10 Å². The Morgan fingerprint density at radius 2 is 2.38 bits per heavy atom. The lowest BCUT2D eigenvalue weighted by Crippen LogP contribution is -2.18. The van der Waals surface area contributed by atoms with Crippen LogP contribution in [0.15, 0.2) is 0 Å². The molecule has 0 amide bonds. The summed E-state index contributed by atoms with van der Waals surface area (Å²) in [6, 6.07) is 0. The first kappa shape index (κ1) is 6.78. The number of hydrogen-bond donors (Lipinski definition) is 1. The van der Waals surface area contributed by atoms with E-state index in [0.29, 0.717) is 5.25 Å². The number of aliphatic hydroxyl groups excluding tert-OH is 1. The van der Waals surface area contributed by atoms with E-state index >= 15 is 0 Å². The van der Waals surface area contributed by atoms with E-state index in [2.05, 4.69) is 6.92 Å². The molecule has 0 bridgehead atoms. The Morgan fingerprint density at radius 3 is 2.75 bits per heavy atom. The third-order valence-corrected chi connectivity index (χ3v) is 4.08. The molecule has 8 heavy (non-hydrogen) atoms. The molecule has 2 unspecified atom stereocenters. The van der Waals surface area contributed by atoms with Crippen LogP contribution in [0.5, 0.6) is 0 Å². The standard InChI is InChI=1S/C5H10OS2/c1-4-2-5(6)3-7-8-4/h4-6H,2-3H2,1H3. The van der Waals surface area contributed by atoms with E-state index in [9.17, 15) is 0 Å². The van der Waals surface area contributed by atoms with Gasteiger partial charge in [0.2, 0.25) is 0 Å². The summed E-state index contributed by atoms with van der Waals surface area (Å²) < 4.78 is 0. The second-order valence-corrected chi connectivity index (χ2v) is 4.93. The van der Waals surface area contributed by atoms with Gasteiger partial charge in [0.15, 0.2) is 0 Å². The Balaban J connectivity index is 2.23. The summed E-state index contributed by atoms with van der Waals surface area (Å²) in [7, 11) is 3.66. The van der Waals surface area contributed by atoms with Crippen LogP contribution in [0.3, 0.4) is 0 Å². The Kier molecular flexibility index (Phi) is 2.53. The largest absolute Gasteiger partial charge is 0.392 e. The van der Waals surface area contributed by atoms with Crippen molar-refractivity contribution in [2.45, 2.75) is 24.7 Å². The molecule has 1 fully saturated rings. The molecular formula is C5H10OS2. The van der Waals surface area contributed by atoms with E-state index in [0.717, 1.165) is 12.2 Å². The third kappa shape index (κ3) is 1.88. The van der Waals surface area contributed by atoms with Crippen LogP contribution in [0.4, 0.5) is 0 Å². The predicted molar refractivity (Wildman–Crippen MR) is 40.1 cm³/mol. The molecule has 1 aliphatic heterocycles. The summed E-state index contributed by atoms with van der Waals surface area (Å²) >= 11 is 0. The first-order valence-electron chi connectivity index (χ1n) is 2.75. The molecule has 1 N–H and O–H groups in total. The summed E-state index contributed by atoms with van der Waals surface area (Å²) in [6.45, 7) is 2.15. The topological polar surface area (TPSA) is 20.2 Å². The second-order valence-electron chi connectivity index (χ2n) is 2.08. The molecular weight excluding hydrogens is 140 g/mol. The van der Waals surface area contributed by atoms with Crippen LogP contribution >= 0.6 is 21.6 Å². The highest BCUT2D eigenvalue weighted by Crippen LogP contribution is 2.35. The maximum Gasteiger partial charge on any atom is 0.0649 e. The molecule has 0 radical (unpaired) electrons. The van der Waals surface area contributed by atoms with Gasteiger partial charge in [-0.25, -0.2) is 0 Å². The fourth-order valence-electron chi connectivity index (χ4n) is 0.724. The van der Waals surface area contributed by atoms with E-state index in [4.69, 9.17) is 5.11 Å². The number of rotatable bonds is 0. The lowest BCUT2D eigenvalue weighted by Gasteiger charge is -2.20. The van der Waals surface area contributed by atoms with Crippen LogP contribution in [-0.2, 0) is 0 Å². The van der Waals surface area contributed by atoms with Gasteiger partial charge in [0.1, 0.15) is 0 Å². The summed E-state index contributed by atoms with van der Waals surface area (Å²) in [5, 5.41) is 9.69. The highest BCUT2D eigenvalue weighted by molar-refractivity contribution is 8.77. The average Bonchev–Trinajstić information content (AvgIpc) is 1.64. The smallest absolute Gasteiger partial charge is 0.0649 e. The van der Waals surface area contributed by atoms with Crippen LogP contribution in [-0.4, -0.2) is 22.2 Å². The van der Waals surface area contributed by atoms with Gasteiger partial charge in [-0.1, -0.05) is 28.5 Å². The van der Waals surface area contributed by atoms with E-state index in [1.807, 2.05) is 10.8 Å². The summed E-state index contributed by atoms with van der Waals surface area (Å²) in [4.78, 5) is 0. The normalized spacial score (nSPS) is 39.8. The monoisotopic (exact) mass is 150 g/mol. The fourth-order valence-corrected chi connectivity index (χ4v) is 3.27. The zero-order valence-electron chi connectivity index (χ0n) is 4.83. The van der Waals surface area contributed by atoms with Gasteiger partial charge in [-0.05, 0) is 6.42 Å². The molecule has 1 nitrogen and oxygen atoms in total. The quantitative estimate of drug-likeness (QED) is 0.529. The fraction of sp³-hybridized carbons (Fsp3) is 1.00. The van der Waals surface area contributed by atoms with Crippen molar-refractivity contribution >= 4 is 21.6 Å². The average molecular weight is 150 g/mol. The van der Waals surface area contributed by atoms with E-state index in [1.54, 1.807) is 10.8 Å². The second kappa shape index (κ2) is 2.99. The van der Waals surface area contributed by atoms with Crippen molar-refractivity contribution in [3.63, 3.8) is 0 Å². The summed E-state index contributed by atoms with van der Waals surface area (Å²) in [5.41, 5.74) is 0. The van der Waals surface area contributed by atoms with E-state index < -0.39 is 0 Å². The van der Waals surface area contributed by atoms with Crippen LogP contribution in [0.2, 0.25) is 0 Å². The number of hydrogen-bond acceptors (Lipinski definition) is 3. The molecule has 1 aliphatic rings. The zero-order valence-corrected chi connectivity index (χ0v) is 6.47. The van der Waals surface area contributed by atoms with E-state index in [-0.39, 0.29) is 6.10 Å². The molecule has 0 aromatic carbocycles. The predicted octanol–water partition coefficient (Wildman–Crippen LogP) is 1.52. The molecule has 0 aromatic rings. The molecule has 0 spiro atoms. The first-order chi connectivity index (χ1) is 3.79. The van der Waals surface area contributed by atoms with Crippen molar-refractivity contribution in [2.24, 2.45) is 0 Å². The lowest BCUT2D eigenvalue weighted by atomic mass is 10.2. The van der Waals surface area contributed by atoms with E-state index in [1.165, 1.54) is 0 Å². The van der Waals surface area contributed by atoms with Crippen LogP contribution in [0.25, 0.3) is 0 Å². The Hall–Kier alpha value is 0.660. The molecule has 0 aromatic heterocycles. The minimum absolute atomic E-state index is 0.0451. The molecule has 1 rings (SSSR count). The van der Waals surface area contributed by atoms with Gasteiger partial charge >= 0.3 is 0 Å². The number of aliphatic hydroxyl groups is 1. The Labute approximate surface area is 57.6 Å². The van der Waals surface area contributed by atoms with Crippen molar-refractivity contribution in [1.82, 2.24) is 0 Å². The zero-order chi connectivity index (χ0) is 5.98. The lowest BCUT2D eigenvalue weighted by molar-refractivity contribution is 0.189. The van der Waals surface area contributed by atoms with Gasteiger partial charge in [-0.2, -0.15) is 0 Å². The van der Waals surface area contributed by atoms with Crippen molar-refractivity contribution in [3.05, 3.63) is 0 Å². The van der Waals surface area contributed by atoms with Gasteiger partial charge in [0, 0.05) is 11.0 Å². The molecule has 0 saturated carbocycles. The first-order valence-corrected chi connectivity index (χ1v) is 5.13. The molecule has 0 aliphatic carbocycles. The van der Waals surface area contributed by atoms with Gasteiger partial charge in [0.25, 0.3) is 0 Å². The van der Waals surface area contributed by atoms with Crippen LogP contribution < -0.4 is 0 Å². The minimum atomic E-state index is -0.0451. The summed E-state index contributed by atoms with van der Waals surface area (Å²) in [5.74, 6) is 0.912.